The number of nitrogens with zero attached hydrogens (tertiary/aromatic N) is 4. The first-order valence-corrected chi connectivity index (χ1v) is 11.5. The van der Waals surface area contributed by atoms with E-state index in [0.29, 0.717) is 49.9 Å². The molecule has 0 bridgehead atoms. The van der Waals surface area contributed by atoms with Gasteiger partial charge in [-0.2, -0.15) is 0 Å². The van der Waals surface area contributed by atoms with Crippen LogP contribution < -0.4 is 15.6 Å². The average molecular weight is 492 g/mol. The van der Waals surface area contributed by atoms with Gasteiger partial charge in [-0.15, -0.1) is 10.2 Å². The highest BCUT2D eigenvalue weighted by Gasteiger charge is 2.18. The summed E-state index contributed by atoms with van der Waals surface area (Å²) in [6, 6.07) is 10.1. The zero-order valence-corrected chi connectivity index (χ0v) is 19.6. The maximum Gasteiger partial charge on any atom is 0.262 e. The molecule has 0 unspecified atom stereocenters. The molecule has 11 heteroatoms. The molecule has 0 fully saturated rings. The highest BCUT2D eigenvalue weighted by molar-refractivity contribution is 7.99. The van der Waals surface area contributed by atoms with E-state index in [-0.39, 0.29) is 17.2 Å². The van der Waals surface area contributed by atoms with Crippen LogP contribution in [0.4, 0.5) is 5.69 Å². The maximum absolute atomic E-state index is 13.0. The highest BCUT2D eigenvalue weighted by atomic mass is 35.5. The van der Waals surface area contributed by atoms with Crippen molar-refractivity contribution >= 4 is 63.2 Å². The Morgan fingerprint density at radius 2 is 1.91 bits per heavy atom. The molecule has 8 nitrogen and oxygen atoms in total. The fourth-order valence-electron chi connectivity index (χ4n) is 3.37. The highest BCUT2D eigenvalue weighted by Crippen LogP contribution is 2.28. The number of fused-ring (bicyclic) bond motifs is 3. The Bertz CT molecular complexity index is 1390. The quantitative estimate of drug-likeness (QED) is 0.382. The Balaban J connectivity index is 1.67. The normalized spacial score (nSPS) is 11.2. The van der Waals surface area contributed by atoms with Crippen LogP contribution >= 0.6 is 35.0 Å². The lowest BCUT2D eigenvalue weighted by atomic mass is 10.2. The third-order valence-electron chi connectivity index (χ3n) is 4.75. The molecule has 4 aromatic rings. The average Bonchev–Trinajstić information content (AvgIpc) is 3.19. The maximum atomic E-state index is 13.0. The molecule has 0 radical (unpaired) electrons. The standard InChI is InChI=1S/C21H19Cl2N5O3S/c1-3-8-27-19(30)14-9-12(22)4-6-16(14)28-20(27)25-26-21(28)32-11-18(29)24-15-10-13(23)5-7-17(15)31-2/h4-7,9-10H,3,8,11H2,1-2H3,(H,24,29). The largest absolute Gasteiger partial charge is 0.495 e. The molecule has 0 saturated carbocycles. The van der Waals surface area contributed by atoms with Gasteiger partial charge in [0.2, 0.25) is 11.7 Å². The van der Waals surface area contributed by atoms with Crippen molar-refractivity contribution in [3.63, 3.8) is 0 Å². The number of carbonyl (C=O) groups is 1. The number of methoxy groups -OCH3 is 1. The van der Waals surface area contributed by atoms with Crippen LogP contribution in [0.15, 0.2) is 46.3 Å². The predicted octanol–water partition coefficient (Wildman–Crippen LogP) is 4.50. The summed E-state index contributed by atoms with van der Waals surface area (Å²) < 4.78 is 8.62. The lowest BCUT2D eigenvalue weighted by molar-refractivity contribution is -0.113. The van der Waals surface area contributed by atoms with Gasteiger partial charge < -0.3 is 10.1 Å². The van der Waals surface area contributed by atoms with Gasteiger partial charge >= 0.3 is 0 Å². The van der Waals surface area contributed by atoms with E-state index in [4.69, 9.17) is 27.9 Å². The van der Waals surface area contributed by atoms with Crippen LogP contribution in [-0.4, -0.2) is 37.9 Å². The van der Waals surface area contributed by atoms with Gasteiger partial charge in [-0.05, 0) is 42.8 Å². The zero-order valence-electron chi connectivity index (χ0n) is 17.3. The van der Waals surface area contributed by atoms with Gasteiger partial charge in [-0.1, -0.05) is 41.9 Å². The molecule has 4 rings (SSSR count). The second kappa shape index (κ2) is 9.40. The predicted molar refractivity (Wildman–Crippen MR) is 127 cm³/mol. The second-order valence-electron chi connectivity index (χ2n) is 6.92. The van der Waals surface area contributed by atoms with E-state index in [1.807, 2.05) is 6.92 Å². The minimum Gasteiger partial charge on any atom is -0.495 e. The first-order chi connectivity index (χ1) is 15.4. The van der Waals surface area contributed by atoms with Crippen molar-refractivity contribution in [2.45, 2.75) is 25.0 Å². The molecule has 1 amide bonds. The number of ether oxygens (including phenoxy) is 1. The summed E-state index contributed by atoms with van der Waals surface area (Å²) in [5, 5.41) is 13.2. The molecule has 1 N–H and O–H groups in total. The van der Waals surface area contributed by atoms with Gasteiger partial charge in [-0.3, -0.25) is 18.6 Å². The van der Waals surface area contributed by atoms with Gasteiger partial charge in [0.1, 0.15) is 5.75 Å². The molecule has 0 aliphatic rings. The number of rotatable bonds is 7. The number of halogens is 2. The van der Waals surface area contributed by atoms with Crippen molar-refractivity contribution in [2.24, 2.45) is 0 Å². The van der Waals surface area contributed by atoms with E-state index in [1.165, 1.54) is 18.9 Å². The molecule has 0 atom stereocenters. The van der Waals surface area contributed by atoms with E-state index in [9.17, 15) is 9.59 Å². The van der Waals surface area contributed by atoms with Crippen molar-refractivity contribution in [2.75, 3.05) is 18.2 Å². The molecule has 2 heterocycles. The van der Waals surface area contributed by atoms with Crippen LogP contribution in [0.25, 0.3) is 16.7 Å². The van der Waals surface area contributed by atoms with Crippen LogP contribution in [0.5, 0.6) is 5.75 Å². The van der Waals surface area contributed by atoms with E-state index >= 15 is 0 Å². The lowest BCUT2D eigenvalue weighted by Gasteiger charge is -2.11. The first kappa shape index (κ1) is 22.4. The van der Waals surface area contributed by atoms with Crippen LogP contribution in [0.3, 0.4) is 0 Å². The third-order valence-corrected chi connectivity index (χ3v) is 6.15. The summed E-state index contributed by atoms with van der Waals surface area (Å²) >= 11 is 13.4. The number of aromatic nitrogens is 4. The van der Waals surface area contributed by atoms with E-state index in [1.54, 1.807) is 45.4 Å². The molecule has 2 aromatic heterocycles. The summed E-state index contributed by atoms with van der Waals surface area (Å²) in [7, 11) is 1.52. The molecular formula is C21H19Cl2N5O3S. The number of carbonyl (C=O) groups excluding carboxylic acids is 1. The molecule has 0 aliphatic carbocycles. The summed E-state index contributed by atoms with van der Waals surface area (Å²) in [5.41, 5.74) is 0.936. The number of hydrogen-bond acceptors (Lipinski definition) is 6. The van der Waals surface area contributed by atoms with Crippen LogP contribution in [0.2, 0.25) is 10.0 Å². The number of anilines is 1. The van der Waals surface area contributed by atoms with Crippen molar-refractivity contribution in [3.8, 4) is 5.75 Å². The number of aryl methyl sites for hydroxylation is 1. The van der Waals surface area contributed by atoms with Crippen molar-refractivity contribution in [1.29, 1.82) is 0 Å². The van der Waals surface area contributed by atoms with Crippen LogP contribution in [-0.2, 0) is 11.3 Å². The van der Waals surface area contributed by atoms with Gasteiger partial charge in [0.25, 0.3) is 5.56 Å². The minimum atomic E-state index is -0.262. The van der Waals surface area contributed by atoms with Crippen molar-refractivity contribution < 1.29 is 9.53 Å². The monoisotopic (exact) mass is 491 g/mol. The van der Waals surface area contributed by atoms with Gasteiger partial charge in [-0.25, -0.2) is 0 Å². The first-order valence-electron chi connectivity index (χ1n) is 9.76. The Labute approximate surface area is 197 Å². The SMILES string of the molecule is CCCn1c(=O)c2cc(Cl)ccc2n2c(SCC(=O)Nc3cc(Cl)ccc3OC)nnc12. The van der Waals surface area contributed by atoms with E-state index in [0.717, 1.165) is 6.42 Å². The number of hydrogen-bond donors (Lipinski definition) is 1. The van der Waals surface area contributed by atoms with Crippen LogP contribution in [0.1, 0.15) is 13.3 Å². The topological polar surface area (TPSA) is 90.5 Å². The minimum absolute atomic E-state index is 0.0679. The number of benzene rings is 2. The van der Waals surface area contributed by atoms with E-state index < -0.39 is 0 Å². The number of amides is 1. The third kappa shape index (κ3) is 4.28. The molecule has 166 valence electrons. The van der Waals surface area contributed by atoms with Crippen molar-refractivity contribution in [1.82, 2.24) is 19.2 Å². The fourth-order valence-corrected chi connectivity index (χ4v) is 4.46. The lowest BCUT2D eigenvalue weighted by Crippen LogP contribution is -2.23. The van der Waals surface area contributed by atoms with Gasteiger partial charge in [0, 0.05) is 16.6 Å². The Morgan fingerprint density at radius 1 is 1.16 bits per heavy atom. The zero-order chi connectivity index (χ0) is 22.8. The molecule has 0 spiro atoms. The summed E-state index contributed by atoms with van der Waals surface area (Å²) in [6.45, 7) is 2.47. The summed E-state index contributed by atoms with van der Waals surface area (Å²) in [5.74, 6) is 0.734. The smallest absolute Gasteiger partial charge is 0.262 e. The Morgan fingerprint density at radius 3 is 2.66 bits per heavy atom. The van der Waals surface area contributed by atoms with Gasteiger partial charge in [0.15, 0.2) is 5.16 Å². The summed E-state index contributed by atoms with van der Waals surface area (Å²) in [4.78, 5) is 25.6. The Hall–Kier alpha value is -2.75. The number of thioether (sulfide) groups is 1. The fraction of sp³-hybridized carbons (Fsp3) is 0.238. The molecule has 0 aliphatic heterocycles. The summed E-state index contributed by atoms with van der Waals surface area (Å²) in [6.07, 6.45) is 0.751. The van der Waals surface area contributed by atoms with Crippen molar-refractivity contribution in [3.05, 3.63) is 56.8 Å². The van der Waals surface area contributed by atoms with E-state index in [2.05, 4.69) is 15.5 Å². The van der Waals surface area contributed by atoms with Gasteiger partial charge in [0.05, 0.1) is 29.5 Å². The molecule has 32 heavy (non-hydrogen) atoms. The molecule has 2 aromatic carbocycles. The Kier molecular flexibility index (Phi) is 6.59. The molecular weight excluding hydrogens is 473 g/mol. The molecule has 0 saturated heterocycles. The number of nitrogens with one attached hydrogen (secondary N) is 1. The van der Waals surface area contributed by atoms with Crippen LogP contribution in [0, 0.1) is 0 Å². The second-order valence-corrected chi connectivity index (χ2v) is 8.73.